The molecule has 0 radical (unpaired) electrons. The molecule has 0 saturated heterocycles. The topological polar surface area (TPSA) is 44.0 Å². The molecular formula is C11H12ClNOS. The molecule has 0 aromatic heterocycles. The zero-order valence-corrected chi connectivity index (χ0v) is 9.98. The Morgan fingerprint density at radius 2 is 2.33 bits per heavy atom. The Morgan fingerprint density at radius 3 is 2.87 bits per heavy atom. The van der Waals surface area contributed by atoms with Crippen LogP contribution in [0.15, 0.2) is 23.1 Å². The Balaban J connectivity index is 2.72. The quantitative estimate of drug-likeness (QED) is 0.824. The molecule has 0 bridgehead atoms. The number of nitriles is 1. The maximum atomic E-state index is 8.77. The summed E-state index contributed by atoms with van der Waals surface area (Å²) in [6.07, 6.45) is 0.752. The molecule has 1 aromatic carbocycles. The molecule has 15 heavy (non-hydrogen) atoms. The van der Waals surface area contributed by atoms with Gasteiger partial charge in [-0.15, -0.1) is 11.8 Å². The molecule has 1 atom stereocenters. The van der Waals surface area contributed by atoms with Gasteiger partial charge in [0.25, 0.3) is 0 Å². The standard InChI is InChI=1S/C11H12ClNOS/c1-8(4-5-14)15-10-3-2-9(7-13)11(12)6-10/h2-3,6,8,14H,4-5H2,1H3. The summed E-state index contributed by atoms with van der Waals surface area (Å²) in [5.74, 6) is 0. The van der Waals surface area contributed by atoms with Gasteiger partial charge in [-0.3, -0.25) is 0 Å². The van der Waals surface area contributed by atoms with Crippen LogP contribution in [-0.2, 0) is 0 Å². The average molecular weight is 242 g/mol. The van der Waals surface area contributed by atoms with Crippen LogP contribution >= 0.6 is 23.4 Å². The van der Waals surface area contributed by atoms with Gasteiger partial charge in [-0.05, 0) is 24.6 Å². The van der Waals surface area contributed by atoms with Gasteiger partial charge in [0.05, 0.1) is 10.6 Å². The van der Waals surface area contributed by atoms with E-state index in [0.29, 0.717) is 15.8 Å². The molecule has 1 rings (SSSR count). The van der Waals surface area contributed by atoms with E-state index in [-0.39, 0.29) is 6.61 Å². The highest BCUT2D eigenvalue weighted by atomic mass is 35.5. The first-order valence-corrected chi connectivity index (χ1v) is 5.90. The molecule has 4 heteroatoms. The van der Waals surface area contributed by atoms with E-state index < -0.39 is 0 Å². The van der Waals surface area contributed by atoms with Gasteiger partial charge in [-0.1, -0.05) is 18.5 Å². The Hall–Kier alpha value is -0.690. The predicted octanol–water partition coefficient (Wildman–Crippen LogP) is 3.07. The fourth-order valence-corrected chi connectivity index (χ4v) is 2.44. The van der Waals surface area contributed by atoms with Crippen molar-refractivity contribution in [2.24, 2.45) is 0 Å². The van der Waals surface area contributed by atoms with Crippen molar-refractivity contribution < 1.29 is 5.11 Å². The number of hydrogen-bond donors (Lipinski definition) is 1. The molecule has 0 fully saturated rings. The summed E-state index contributed by atoms with van der Waals surface area (Å²) < 4.78 is 0. The number of halogens is 1. The highest BCUT2D eigenvalue weighted by Gasteiger charge is 2.06. The van der Waals surface area contributed by atoms with Crippen molar-refractivity contribution in [2.45, 2.75) is 23.5 Å². The number of rotatable bonds is 4. The van der Waals surface area contributed by atoms with Crippen molar-refractivity contribution in [3.8, 4) is 6.07 Å². The average Bonchev–Trinajstić information content (AvgIpc) is 2.18. The smallest absolute Gasteiger partial charge is 0.101 e. The van der Waals surface area contributed by atoms with E-state index in [1.165, 1.54) is 0 Å². The fraction of sp³-hybridized carbons (Fsp3) is 0.364. The maximum absolute atomic E-state index is 8.77. The lowest BCUT2D eigenvalue weighted by Crippen LogP contribution is -1.98. The van der Waals surface area contributed by atoms with Gasteiger partial charge in [0.1, 0.15) is 6.07 Å². The monoisotopic (exact) mass is 241 g/mol. The molecule has 0 amide bonds. The second kappa shape index (κ2) is 6.02. The van der Waals surface area contributed by atoms with Gasteiger partial charge in [0, 0.05) is 16.8 Å². The summed E-state index contributed by atoms with van der Waals surface area (Å²) in [5.41, 5.74) is 0.496. The zero-order chi connectivity index (χ0) is 11.3. The lowest BCUT2D eigenvalue weighted by molar-refractivity contribution is 0.289. The molecule has 0 aliphatic carbocycles. The van der Waals surface area contributed by atoms with E-state index in [0.717, 1.165) is 11.3 Å². The van der Waals surface area contributed by atoms with Crippen molar-refractivity contribution in [3.05, 3.63) is 28.8 Å². The first kappa shape index (κ1) is 12.4. The van der Waals surface area contributed by atoms with E-state index in [9.17, 15) is 0 Å². The highest BCUT2D eigenvalue weighted by Crippen LogP contribution is 2.28. The summed E-state index contributed by atoms with van der Waals surface area (Å²) in [5, 5.41) is 18.3. The minimum Gasteiger partial charge on any atom is -0.396 e. The number of thioether (sulfide) groups is 1. The summed E-state index contributed by atoms with van der Waals surface area (Å²) >= 11 is 7.55. The van der Waals surface area contributed by atoms with E-state index in [2.05, 4.69) is 0 Å². The molecule has 1 aromatic rings. The van der Waals surface area contributed by atoms with Gasteiger partial charge in [0.15, 0.2) is 0 Å². The highest BCUT2D eigenvalue weighted by molar-refractivity contribution is 7.99. The van der Waals surface area contributed by atoms with Gasteiger partial charge in [-0.25, -0.2) is 0 Å². The molecule has 2 nitrogen and oxygen atoms in total. The maximum Gasteiger partial charge on any atom is 0.101 e. The van der Waals surface area contributed by atoms with Crippen LogP contribution in [0.5, 0.6) is 0 Å². The minimum absolute atomic E-state index is 0.193. The summed E-state index contributed by atoms with van der Waals surface area (Å²) in [6, 6.07) is 7.41. The zero-order valence-electron chi connectivity index (χ0n) is 8.40. The first-order valence-electron chi connectivity index (χ1n) is 4.64. The van der Waals surface area contributed by atoms with E-state index in [1.54, 1.807) is 23.9 Å². The van der Waals surface area contributed by atoms with Crippen molar-refractivity contribution in [3.63, 3.8) is 0 Å². The third kappa shape index (κ3) is 3.75. The number of aliphatic hydroxyl groups excluding tert-OH is 1. The predicted molar refractivity (Wildman–Crippen MR) is 63.2 cm³/mol. The lowest BCUT2D eigenvalue weighted by Gasteiger charge is -2.09. The van der Waals surface area contributed by atoms with Crippen molar-refractivity contribution in [1.82, 2.24) is 0 Å². The summed E-state index contributed by atoms with van der Waals surface area (Å²) in [7, 11) is 0. The molecule has 1 unspecified atom stereocenters. The van der Waals surface area contributed by atoms with Crippen molar-refractivity contribution in [1.29, 1.82) is 5.26 Å². The Labute approximate surface area is 98.9 Å². The summed E-state index contributed by atoms with van der Waals surface area (Å²) in [6.45, 7) is 2.24. The Kier molecular flexibility index (Phi) is 4.97. The van der Waals surface area contributed by atoms with E-state index in [1.807, 2.05) is 19.1 Å². The minimum atomic E-state index is 0.193. The normalized spacial score (nSPS) is 12.1. The van der Waals surface area contributed by atoms with Gasteiger partial charge in [0.2, 0.25) is 0 Å². The van der Waals surface area contributed by atoms with Crippen LogP contribution in [0.1, 0.15) is 18.9 Å². The molecule has 0 spiro atoms. The van der Waals surface area contributed by atoms with Crippen LogP contribution in [0, 0.1) is 11.3 Å². The first-order chi connectivity index (χ1) is 7.17. The van der Waals surface area contributed by atoms with Crippen LogP contribution < -0.4 is 0 Å². The third-order valence-corrected chi connectivity index (χ3v) is 3.41. The Bertz CT molecular complexity index is 375. The van der Waals surface area contributed by atoms with Crippen LogP contribution in [0.25, 0.3) is 0 Å². The third-order valence-electron chi connectivity index (χ3n) is 1.93. The van der Waals surface area contributed by atoms with Crippen molar-refractivity contribution in [2.75, 3.05) is 6.61 Å². The molecule has 0 aliphatic rings. The largest absolute Gasteiger partial charge is 0.396 e. The second-order valence-corrected chi connectivity index (χ2v) is 5.11. The van der Waals surface area contributed by atoms with Crippen LogP contribution in [-0.4, -0.2) is 17.0 Å². The van der Waals surface area contributed by atoms with Gasteiger partial charge >= 0.3 is 0 Å². The number of nitrogens with zero attached hydrogens (tertiary/aromatic N) is 1. The lowest BCUT2D eigenvalue weighted by atomic mass is 10.2. The SMILES string of the molecule is CC(CCO)Sc1ccc(C#N)c(Cl)c1. The summed E-state index contributed by atoms with van der Waals surface area (Å²) in [4.78, 5) is 1.03. The second-order valence-electron chi connectivity index (χ2n) is 3.19. The molecule has 0 aliphatic heterocycles. The van der Waals surface area contributed by atoms with E-state index in [4.69, 9.17) is 22.0 Å². The fourth-order valence-electron chi connectivity index (χ4n) is 1.13. The molecule has 1 N–H and O–H groups in total. The van der Waals surface area contributed by atoms with Crippen LogP contribution in [0.4, 0.5) is 0 Å². The van der Waals surface area contributed by atoms with Crippen LogP contribution in [0.2, 0.25) is 5.02 Å². The van der Waals surface area contributed by atoms with Crippen molar-refractivity contribution >= 4 is 23.4 Å². The molecule has 80 valence electrons. The molecular weight excluding hydrogens is 230 g/mol. The Morgan fingerprint density at radius 1 is 1.60 bits per heavy atom. The molecule has 0 heterocycles. The number of hydrogen-bond acceptors (Lipinski definition) is 3. The molecule has 0 saturated carbocycles. The van der Waals surface area contributed by atoms with Gasteiger partial charge < -0.3 is 5.11 Å². The van der Waals surface area contributed by atoms with E-state index >= 15 is 0 Å². The number of aliphatic hydroxyl groups is 1. The van der Waals surface area contributed by atoms with Gasteiger partial charge in [-0.2, -0.15) is 5.26 Å². The van der Waals surface area contributed by atoms with Crippen LogP contribution in [0.3, 0.4) is 0 Å². The number of benzene rings is 1.